The second-order valence-corrected chi connectivity index (χ2v) is 5.63. The number of aromatic amines is 2. The lowest BCUT2D eigenvalue weighted by molar-refractivity contribution is 0.527. The molecule has 3 aromatic heterocycles. The monoisotopic (exact) mass is 314 g/mol. The van der Waals surface area contributed by atoms with Crippen molar-refractivity contribution in [2.24, 2.45) is 5.10 Å². The van der Waals surface area contributed by atoms with Gasteiger partial charge in [-0.05, 0) is 50.5 Å². The lowest BCUT2D eigenvalue weighted by Crippen LogP contribution is -1.97. The summed E-state index contributed by atoms with van der Waals surface area (Å²) in [7, 11) is 0. The third-order valence-electron chi connectivity index (χ3n) is 3.73. The zero-order valence-electron chi connectivity index (χ0n) is 12.0. The first kappa shape index (κ1) is 13.2. The minimum absolute atomic E-state index is 0.421. The van der Waals surface area contributed by atoms with Crippen molar-refractivity contribution in [3.63, 3.8) is 0 Å². The van der Waals surface area contributed by atoms with Gasteiger partial charge in [-0.25, -0.2) is 5.10 Å². The van der Waals surface area contributed by atoms with Crippen LogP contribution >= 0.6 is 12.2 Å². The highest BCUT2D eigenvalue weighted by Crippen LogP contribution is 2.29. The van der Waals surface area contributed by atoms with E-state index in [-0.39, 0.29) is 0 Å². The fourth-order valence-corrected chi connectivity index (χ4v) is 2.87. The molecule has 0 saturated carbocycles. The lowest BCUT2D eigenvalue weighted by atomic mass is 10.2. The summed E-state index contributed by atoms with van der Waals surface area (Å²) >= 11 is 5.26. The molecule has 7 nitrogen and oxygen atoms in total. The summed E-state index contributed by atoms with van der Waals surface area (Å²) in [5, 5.41) is 18.9. The van der Waals surface area contributed by atoms with E-state index in [1.165, 1.54) is 11.3 Å². The number of aryl methyl sites for hydroxylation is 2. The molecular formula is C14H14N6OS. The van der Waals surface area contributed by atoms with Gasteiger partial charge in [-0.2, -0.15) is 20.0 Å². The van der Waals surface area contributed by atoms with Gasteiger partial charge in [0.15, 0.2) is 0 Å². The van der Waals surface area contributed by atoms with Gasteiger partial charge < -0.3 is 4.42 Å². The number of H-pyrrole nitrogens is 2. The third-order valence-corrected chi connectivity index (χ3v) is 3.99. The van der Waals surface area contributed by atoms with Gasteiger partial charge in [0, 0.05) is 11.3 Å². The smallest absolute Gasteiger partial charge is 0.216 e. The van der Waals surface area contributed by atoms with Crippen LogP contribution in [0.3, 0.4) is 0 Å². The molecule has 0 aromatic carbocycles. The molecule has 0 atom stereocenters. The van der Waals surface area contributed by atoms with E-state index in [1.54, 1.807) is 10.9 Å². The topological polar surface area (TPSA) is 87.8 Å². The number of rotatable bonds is 3. The summed E-state index contributed by atoms with van der Waals surface area (Å²) in [4.78, 5) is 0. The quantitative estimate of drug-likeness (QED) is 0.574. The number of furan rings is 1. The number of nitrogens with one attached hydrogen (secondary N) is 2. The van der Waals surface area contributed by atoms with E-state index >= 15 is 0 Å². The van der Waals surface area contributed by atoms with E-state index in [4.69, 9.17) is 16.6 Å². The number of hydrogen-bond acceptors (Lipinski definition) is 5. The Morgan fingerprint density at radius 1 is 1.32 bits per heavy atom. The van der Waals surface area contributed by atoms with Gasteiger partial charge in [-0.3, -0.25) is 5.10 Å². The number of nitrogens with zero attached hydrogens (tertiary/aromatic N) is 4. The normalized spacial score (nSPS) is 14.0. The molecule has 0 bridgehead atoms. The van der Waals surface area contributed by atoms with Gasteiger partial charge in [0.1, 0.15) is 17.2 Å². The van der Waals surface area contributed by atoms with Crippen LogP contribution in [0.5, 0.6) is 0 Å². The van der Waals surface area contributed by atoms with Crippen LogP contribution in [-0.4, -0.2) is 31.3 Å². The molecule has 112 valence electrons. The van der Waals surface area contributed by atoms with Gasteiger partial charge in [0.25, 0.3) is 0 Å². The number of hydrogen-bond donors (Lipinski definition) is 2. The first-order valence-corrected chi connectivity index (χ1v) is 7.48. The Balaban J connectivity index is 1.76. The maximum Gasteiger partial charge on any atom is 0.216 e. The fourth-order valence-electron chi connectivity index (χ4n) is 2.69. The van der Waals surface area contributed by atoms with Crippen molar-refractivity contribution in [1.29, 1.82) is 0 Å². The summed E-state index contributed by atoms with van der Waals surface area (Å²) in [5.41, 5.74) is 3.20. The van der Waals surface area contributed by atoms with Crippen LogP contribution in [0.2, 0.25) is 0 Å². The van der Waals surface area contributed by atoms with Crippen LogP contribution in [0.4, 0.5) is 0 Å². The van der Waals surface area contributed by atoms with Crippen LogP contribution in [-0.2, 0) is 12.8 Å². The van der Waals surface area contributed by atoms with Gasteiger partial charge in [-0.15, -0.1) is 0 Å². The highest BCUT2D eigenvalue weighted by molar-refractivity contribution is 7.71. The van der Waals surface area contributed by atoms with Crippen molar-refractivity contribution in [2.75, 3.05) is 0 Å². The van der Waals surface area contributed by atoms with E-state index in [0.717, 1.165) is 30.7 Å². The Morgan fingerprint density at radius 2 is 2.23 bits per heavy atom. The van der Waals surface area contributed by atoms with E-state index in [2.05, 4.69) is 25.5 Å². The Kier molecular flexibility index (Phi) is 3.04. The van der Waals surface area contributed by atoms with Crippen molar-refractivity contribution in [2.45, 2.75) is 26.2 Å². The highest BCUT2D eigenvalue weighted by atomic mass is 32.1. The van der Waals surface area contributed by atoms with Crippen LogP contribution in [0.15, 0.2) is 21.7 Å². The Labute approximate surface area is 131 Å². The molecule has 0 amide bonds. The Hall–Kier alpha value is -2.48. The maximum absolute atomic E-state index is 5.48. The predicted molar refractivity (Wildman–Crippen MR) is 83.5 cm³/mol. The van der Waals surface area contributed by atoms with Gasteiger partial charge in [0.2, 0.25) is 10.6 Å². The van der Waals surface area contributed by atoms with Gasteiger partial charge in [-0.1, -0.05) is 0 Å². The SMILES string of the molecule is Cc1ccc(/C=N\n2c(-c3n[nH]c4c3CCC4)n[nH]c2=S)o1. The van der Waals surface area contributed by atoms with Gasteiger partial charge in [0.05, 0.1) is 6.21 Å². The molecule has 0 radical (unpaired) electrons. The Morgan fingerprint density at radius 3 is 3.05 bits per heavy atom. The van der Waals surface area contributed by atoms with Crippen molar-refractivity contribution < 1.29 is 4.42 Å². The van der Waals surface area contributed by atoms with Crippen LogP contribution in [0.1, 0.15) is 29.2 Å². The molecule has 0 aliphatic heterocycles. The highest BCUT2D eigenvalue weighted by Gasteiger charge is 2.23. The molecule has 0 unspecified atom stereocenters. The molecule has 4 rings (SSSR count). The molecule has 3 heterocycles. The third kappa shape index (κ3) is 2.12. The zero-order valence-corrected chi connectivity index (χ0v) is 12.8. The molecule has 0 spiro atoms. The van der Waals surface area contributed by atoms with Crippen LogP contribution in [0, 0.1) is 11.7 Å². The standard InChI is InChI=1S/C14H14N6OS/c1-8-5-6-9(21-8)7-15-20-13(18-19-14(20)22)12-10-3-2-4-11(10)16-17-12/h5-7H,2-4H2,1H3,(H,16,17)(H,19,22)/b15-7-. The minimum atomic E-state index is 0.421. The molecule has 8 heteroatoms. The van der Waals surface area contributed by atoms with E-state index in [9.17, 15) is 0 Å². The van der Waals surface area contributed by atoms with Crippen molar-refractivity contribution in [3.05, 3.63) is 39.7 Å². The molecule has 22 heavy (non-hydrogen) atoms. The van der Waals surface area contributed by atoms with E-state index in [1.807, 2.05) is 19.1 Å². The minimum Gasteiger partial charge on any atom is -0.460 e. The number of aromatic nitrogens is 5. The largest absolute Gasteiger partial charge is 0.460 e. The second-order valence-electron chi connectivity index (χ2n) is 5.24. The van der Waals surface area contributed by atoms with Crippen LogP contribution < -0.4 is 0 Å². The van der Waals surface area contributed by atoms with Crippen molar-refractivity contribution in [3.8, 4) is 11.5 Å². The van der Waals surface area contributed by atoms with Crippen molar-refractivity contribution in [1.82, 2.24) is 25.1 Å². The number of fused-ring (bicyclic) bond motifs is 1. The molecule has 3 aromatic rings. The van der Waals surface area contributed by atoms with Crippen molar-refractivity contribution >= 4 is 18.4 Å². The Bertz CT molecular complexity index is 912. The lowest BCUT2D eigenvalue weighted by Gasteiger charge is -1.99. The molecule has 1 aliphatic carbocycles. The maximum atomic E-state index is 5.48. The molecule has 0 fully saturated rings. The molecule has 2 N–H and O–H groups in total. The summed E-state index contributed by atoms with van der Waals surface area (Å²) in [6, 6.07) is 3.74. The summed E-state index contributed by atoms with van der Waals surface area (Å²) < 4.78 is 7.47. The van der Waals surface area contributed by atoms with Gasteiger partial charge >= 0.3 is 0 Å². The van der Waals surface area contributed by atoms with Crippen LogP contribution in [0.25, 0.3) is 11.5 Å². The van der Waals surface area contributed by atoms with E-state index < -0.39 is 0 Å². The first-order chi connectivity index (χ1) is 10.7. The molecule has 0 saturated heterocycles. The fraction of sp³-hybridized carbons (Fsp3) is 0.286. The second kappa shape index (κ2) is 5.06. The summed E-state index contributed by atoms with van der Waals surface area (Å²) in [5.74, 6) is 2.12. The predicted octanol–water partition coefficient (Wildman–Crippen LogP) is 2.60. The average molecular weight is 314 g/mol. The first-order valence-electron chi connectivity index (χ1n) is 7.07. The molecule has 1 aliphatic rings. The zero-order chi connectivity index (χ0) is 15.1. The summed E-state index contributed by atoms with van der Waals surface area (Å²) in [6.07, 6.45) is 4.79. The molecular weight excluding hydrogens is 300 g/mol. The average Bonchev–Trinajstić information content (AvgIpc) is 3.22. The van der Waals surface area contributed by atoms with E-state index in [0.29, 0.717) is 16.4 Å². The summed E-state index contributed by atoms with van der Waals surface area (Å²) in [6.45, 7) is 1.89.